The Morgan fingerprint density at radius 2 is 1.72 bits per heavy atom. The minimum atomic E-state index is -0.738. The van der Waals surface area contributed by atoms with Crippen molar-refractivity contribution in [3.05, 3.63) is 63.1 Å². The molecule has 0 radical (unpaired) electrons. The second kappa shape index (κ2) is 10.6. The van der Waals surface area contributed by atoms with Crippen molar-refractivity contribution in [2.24, 2.45) is 5.92 Å². The van der Waals surface area contributed by atoms with E-state index in [-0.39, 0.29) is 17.7 Å². The number of carbonyl (C=O) groups excluding carboxylic acids is 1. The predicted molar refractivity (Wildman–Crippen MR) is 128 cm³/mol. The summed E-state index contributed by atoms with van der Waals surface area (Å²) in [6, 6.07) is 11.9. The Morgan fingerprint density at radius 1 is 1.09 bits per heavy atom. The first-order valence-corrected chi connectivity index (χ1v) is 11.4. The third-order valence-electron chi connectivity index (χ3n) is 6.12. The molecule has 1 saturated heterocycles. The second-order valence-corrected chi connectivity index (χ2v) is 9.33. The molecule has 0 spiro atoms. The molecule has 6 nitrogen and oxygen atoms in total. The van der Waals surface area contributed by atoms with E-state index in [0.29, 0.717) is 31.0 Å². The van der Waals surface area contributed by atoms with Gasteiger partial charge in [0.05, 0.1) is 5.92 Å². The van der Waals surface area contributed by atoms with E-state index in [0.717, 1.165) is 23.8 Å². The molecular weight excluding hydrogens is 449 g/mol. The highest BCUT2D eigenvalue weighted by Gasteiger charge is 2.27. The summed E-state index contributed by atoms with van der Waals surface area (Å²) in [5.74, 6) is -0.668. The first-order chi connectivity index (χ1) is 15.2. The zero-order valence-electron chi connectivity index (χ0n) is 18.4. The van der Waals surface area contributed by atoms with Crippen LogP contribution < -0.4 is 5.73 Å². The Hall–Kier alpha value is -2.28. The normalized spacial score (nSPS) is 19.0. The van der Waals surface area contributed by atoms with E-state index in [9.17, 15) is 9.59 Å². The van der Waals surface area contributed by atoms with Gasteiger partial charge in [-0.05, 0) is 60.8 Å². The minimum Gasteiger partial charge on any atom is -0.481 e. The summed E-state index contributed by atoms with van der Waals surface area (Å²) in [7, 11) is 2.11. The van der Waals surface area contributed by atoms with Crippen LogP contribution in [0.1, 0.15) is 42.4 Å². The molecule has 1 fully saturated rings. The first-order valence-electron chi connectivity index (χ1n) is 10.7. The SMILES string of the molecule is CC(=O)N1CCC(C(=O)O)CC1.CN1Cc2c(Cl)cc(Cl)cc2C(c2ccc(N)cc2)C1. The number of nitrogen functional groups attached to an aromatic ring is 1. The lowest BCUT2D eigenvalue weighted by atomic mass is 9.85. The van der Waals surface area contributed by atoms with Gasteiger partial charge in [0.15, 0.2) is 0 Å². The van der Waals surface area contributed by atoms with Crippen LogP contribution in [0.3, 0.4) is 0 Å². The molecule has 8 heteroatoms. The van der Waals surface area contributed by atoms with Gasteiger partial charge in [0.2, 0.25) is 5.91 Å². The van der Waals surface area contributed by atoms with Crippen LogP contribution >= 0.6 is 23.2 Å². The number of carbonyl (C=O) groups is 2. The number of carboxylic acid groups (broad SMARTS) is 1. The van der Waals surface area contributed by atoms with Crippen LogP contribution in [0.5, 0.6) is 0 Å². The number of anilines is 1. The van der Waals surface area contributed by atoms with Crippen molar-refractivity contribution < 1.29 is 14.7 Å². The maximum absolute atomic E-state index is 10.9. The number of likely N-dealkylation sites (N-methyl/N-ethyl adjacent to an activating group) is 1. The number of piperidine rings is 1. The number of rotatable bonds is 2. The Balaban J connectivity index is 0.000000207. The third-order valence-corrected chi connectivity index (χ3v) is 6.68. The topological polar surface area (TPSA) is 86.9 Å². The number of carboxylic acids is 1. The summed E-state index contributed by atoms with van der Waals surface area (Å²) in [4.78, 5) is 25.4. The van der Waals surface area contributed by atoms with Gasteiger partial charge in [-0.15, -0.1) is 0 Å². The average Bonchev–Trinajstić information content (AvgIpc) is 2.75. The van der Waals surface area contributed by atoms with Crippen molar-refractivity contribution >= 4 is 40.8 Å². The van der Waals surface area contributed by atoms with Gasteiger partial charge in [-0.1, -0.05) is 35.3 Å². The summed E-state index contributed by atoms with van der Waals surface area (Å²) in [6.07, 6.45) is 1.18. The Kier molecular flexibility index (Phi) is 8.04. The zero-order valence-corrected chi connectivity index (χ0v) is 19.9. The van der Waals surface area contributed by atoms with Crippen LogP contribution in [0.2, 0.25) is 10.0 Å². The number of likely N-dealkylation sites (tertiary alicyclic amines) is 1. The highest BCUT2D eigenvalue weighted by Crippen LogP contribution is 2.38. The van der Waals surface area contributed by atoms with Gasteiger partial charge in [0.25, 0.3) is 0 Å². The third kappa shape index (κ3) is 5.94. The molecule has 0 aliphatic carbocycles. The molecule has 2 aliphatic heterocycles. The first kappa shape index (κ1) is 24.4. The van der Waals surface area contributed by atoms with Gasteiger partial charge >= 0.3 is 5.97 Å². The van der Waals surface area contributed by atoms with E-state index in [1.165, 1.54) is 23.6 Å². The minimum absolute atomic E-state index is 0.0406. The van der Waals surface area contributed by atoms with Crippen LogP contribution in [-0.4, -0.2) is 53.5 Å². The van der Waals surface area contributed by atoms with Crippen LogP contribution in [0.4, 0.5) is 5.69 Å². The van der Waals surface area contributed by atoms with E-state index in [2.05, 4.69) is 24.1 Å². The quantitative estimate of drug-likeness (QED) is 0.622. The number of aliphatic carboxylic acids is 1. The highest BCUT2D eigenvalue weighted by atomic mass is 35.5. The summed E-state index contributed by atoms with van der Waals surface area (Å²) in [5.41, 5.74) is 10.2. The van der Waals surface area contributed by atoms with E-state index < -0.39 is 5.97 Å². The number of benzene rings is 2. The Labute approximate surface area is 198 Å². The lowest BCUT2D eigenvalue weighted by Gasteiger charge is -2.33. The second-order valence-electron chi connectivity index (χ2n) is 8.49. The molecule has 2 aromatic carbocycles. The van der Waals surface area contributed by atoms with Gasteiger partial charge in [0, 0.05) is 54.8 Å². The largest absolute Gasteiger partial charge is 0.481 e. The molecule has 1 atom stereocenters. The Morgan fingerprint density at radius 3 is 2.28 bits per heavy atom. The fraction of sp³-hybridized carbons (Fsp3) is 0.417. The molecule has 172 valence electrons. The lowest BCUT2D eigenvalue weighted by molar-refractivity contribution is -0.145. The maximum Gasteiger partial charge on any atom is 0.306 e. The summed E-state index contributed by atoms with van der Waals surface area (Å²) in [6.45, 7) is 4.50. The smallest absolute Gasteiger partial charge is 0.306 e. The van der Waals surface area contributed by atoms with E-state index in [4.69, 9.17) is 34.0 Å². The number of hydrogen-bond donors (Lipinski definition) is 2. The van der Waals surface area contributed by atoms with Crippen LogP contribution in [-0.2, 0) is 16.1 Å². The van der Waals surface area contributed by atoms with Crippen molar-refractivity contribution in [3.63, 3.8) is 0 Å². The number of fused-ring (bicyclic) bond motifs is 1. The molecule has 32 heavy (non-hydrogen) atoms. The van der Waals surface area contributed by atoms with Gasteiger partial charge in [0.1, 0.15) is 0 Å². The van der Waals surface area contributed by atoms with Crippen molar-refractivity contribution in [2.45, 2.75) is 32.2 Å². The molecule has 1 amide bonds. The van der Waals surface area contributed by atoms with Crippen molar-refractivity contribution in [2.75, 3.05) is 32.4 Å². The summed E-state index contributed by atoms with van der Waals surface area (Å²) in [5, 5.41) is 10.1. The molecule has 4 rings (SSSR count). The number of nitrogens with zero attached hydrogens (tertiary/aromatic N) is 2. The molecule has 2 aliphatic rings. The number of halogens is 2. The molecule has 1 unspecified atom stereocenters. The van der Waals surface area contributed by atoms with E-state index >= 15 is 0 Å². The Bertz CT molecular complexity index is 951. The molecule has 0 aromatic heterocycles. The summed E-state index contributed by atoms with van der Waals surface area (Å²) < 4.78 is 0. The van der Waals surface area contributed by atoms with E-state index in [1.54, 1.807) is 4.90 Å². The zero-order chi connectivity index (χ0) is 23.4. The number of nitrogens with two attached hydrogens (primary N) is 1. The van der Waals surface area contributed by atoms with Crippen LogP contribution in [0.25, 0.3) is 0 Å². The predicted octanol–water partition coefficient (Wildman–Crippen LogP) is 4.48. The van der Waals surface area contributed by atoms with Gasteiger partial charge in [-0.3, -0.25) is 9.59 Å². The maximum atomic E-state index is 10.9. The molecule has 0 saturated carbocycles. The van der Waals surface area contributed by atoms with Crippen molar-refractivity contribution in [3.8, 4) is 0 Å². The number of amides is 1. The van der Waals surface area contributed by atoms with Crippen LogP contribution in [0, 0.1) is 5.92 Å². The molecular formula is C24H29Cl2N3O3. The van der Waals surface area contributed by atoms with Crippen LogP contribution in [0.15, 0.2) is 36.4 Å². The van der Waals surface area contributed by atoms with Gasteiger partial charge in [-0.25, -0.2) is 0 Å². The molecule has 2 heterocycles. The monoisotopic (exact) mass is 477 g/mol. The van der Waals surface area contributed by atoms with Gasteiger partial charge in [-0.2, -0.15) is 0 Å². The molecule has 3 N–H and O–H groups in total. The highest BCUT2D eigenvalue weighted by molar-refractivity contribution is 6.35. The fourth-order valence-corrected chi connectivity index (χ4v) is 4.87. The summed E-state index contributed by atoms with van der Waals surface area (Å²) >= 11 is 12.5. The van der Waals surface area contributed by atoms with Crippen molar-refractivity contribution in [1.29, 1.82) is 0 Å². The van der Waals surface area contributed by atoms with Gasteiger partial charge < -0.3 is 20.6 Å². The van der Waals surface area contributed by atoms with E-state index in [1.807, 2.05) is 24.3 Å². The fourth-order valence-electron chi connectivity index (χ4n) is 4.30. The molecule has 2 aromatic rings. The van der Waals surface area contributed by atoms with Crippen molar-refractivity contribution in [1.82, 2.24) is 9.80 Å². The lowest BCUT2D eigenvalue weighted by Crippen LogP contribution is -2.38. The average molecular weight is 478 g/mol. The standard InChI is InChI=1S/C16H16Cl2N2.C8H13NO3/c1-20-8-14(10-2-4-12(19)5-3-10)13-6-11(17)7-16(18)15(13)9-20;1-6(10)9-4-2-7(3-5-9)8(11)12/h2-7,14H,8-9,19H2,1H3;7H,2-5H2,1H3,(H,11,12). The number of hydrogen-bond acceptors (Lipinski definition) is 4. The molecule has 0 bridgehead atoms.